The lowest BCUT2D eigenvalue weighted by Gasteiger charge is -2.21. The van der Waals surface area contributed by atoms with E-state index in [0.717, 1.165) is 50.1 Å². The number of hydrogen-bond donors (Lipinski definition) is 3. The van der Waals surface area contributed by atoms with Gasteiger partial charge in [0.15, 0.2) is 23.0 Å². The minimum Gasteiger partial charge on any atom is -0.508 e. The van der Waals surface area contributed by atoms with Crippen LogP contribution in [-0.4, -0.2) is 65.5 Å². The maximum atomic E-state index is 12.8. The molecule has 2 aliphatic rings. The van der Waals surface area contributed by atoms with Gasteiger partial charge in [-0.25, -0.2) is 4.79 Å². The summed E-state index contributed by atoms with van der Waals surface area (Å²) >= 11 is 5.84. The van der Waals surface area contributed by atoms with Gasteiger partial charge in [0.05, 0.1) is 60.3 Å². The fourth-order valence-corrected chi connectivity index (χ4v) is 8.36. The Labute approximate surface area is 366 Å². The van der Waals surface area contributed by atoms with Crippen molar-refractivity contribution >= 4 is 29.4 Å². The molecule has 0 spiro atoms. The molecule has 14 heteroatoms. The normalized spacial score (nSPS) is 14.6. The van der Waals surface area contributed by atoms with Crippen molar-refractivity contribution in [2.45, 2.75) is 57.5 Å². The molecule has 0 aromatic heterocycles. The van der Waals surface area contributed by atoms with Crippen molar-refractivity contribution in [2.24, 2.45) is 0 Å². The Kier molecular flexibility index (Phi) is 14.4. The largest absolute Gasteiger partial charge is 0.508 e. The number of carbonyl (C=O) groups excluding carboxylic acids is 3. The fourth-order valence-electron chi connectivity index (χ4n) is 8.18. The Bertz CT molecular complexity index is 2470. The second-order valence-electron chi connectivity index (χ2n) is 14.7. The number of halogens is 1. The van der Waals surface area contributed by atoms with Crippen LogP contribution in [0.5, 0.6) is 46.0 Å². The smallest absolute Gasteiger partial charge is 0.343 e. The molecule has 0 saturated heterocycles. The topological polar surface area (TPSA) is 160 Å². The standard InChI is InChI=1S/C28H28ClNO6.C20H23NO5/c1-16(31)30-23-12-9-19-13-24(33-2)26(34-3)27(35-4)25(19)21-11-10-20(14-22(21)23)36-28(32)18-7-5-17(15-29)6-8-18;1-11(22)21-16-8-5-12-9-17(24-2)19(25-3)20(26-4)18(12)14-7-6-13(23)10-15(14)16/h5-8,10-11,13-14,23H,9,12,15H2,1-4H3,(H,30,31);6-7,9-10,16,23H,5,8H2,1-4H3,(H,21,22)/t23-;16-/m00/s1. The van der Waals surface area contributed by atoms with Gasteiger partial charge >= 0.3 is 5.97 Å². The lowest BCUT2D eigenvalue weighted by atomic mass is 9.93. The van der Waals surface area contributed by atoms with Crippen molar-refractivity contribution in [2.75, 3.05) is 42.7 Å². The number of phenolic OH excluding ortho intramolecular Hbond substituents is 1. The quantitative estimate of drug-likeness (QED) is 0.0663. The summed E-state index contributed by atoms with van der Waals surface area (Å²) in [6.07, 6.45) is 2.71. The van der Waals surface area contributed by atoms with Crippen LogP contribution in [0, 0.1) is 0 Å². The van der Waals surface area contributed by atoms with Crippen LogP contribution in [0.25, 0.3) is 22.3 Å². The molecule has 2 amide bonds. The van der Waals surface area contributed by atoms with E-state index in [-0.39, 0.29) is 29.6 Å². The number of aromatic hydroxyl groups is 1. The first-order valence-corrected chi connectivity index (χ1v) is 20.5. The summed E-state index contributed by atoms with van der Waals surface area (Å²) in [5.74, 6) is 3.44. The van der Waals surface area contributed by atoms with Gasteiger partial charge in [-0.3, -0.25) is 9.59 Å². The Morgan fingerprint density at radius 2 is 1.08 bits per heavy atom. The van der Waals surface area contributed by atoms with E-state index in [1.54, 1.807) is 91.2 Å². The van der Waals surface area contributed by atoms with Gasteiger partial charge in [0.1, 0.15) is 11.5 Å². The molecule has 62 heavy (non-hydrogen) atoms. The molecule has 7 rings (SSSR count). The number of esters is 1. The number of benzene rings is 5. The van der Waals surface area contributed by atoms with Crippen molar-refractivity contribution in [3.63, 3.8) is 0 Å². The Morgan fingerprint density at radius 1 is 0.613 bits per heavy atom. The highest BCUT2D eigenvalue weighted by Crippen LogP contribution is 2.52. The zero-order valence-electron chi connectivity index (χ0n) is 36.0. The van der Waals surface area contributed by atoms with Gasteiger partial charge < -0.3 is 48.9 Å². The zero-order chi connectivity index (χ0) is 44.7. The molecule has 2 atom stereocenters. The second kappa shape index (κ2) is 19.9. The molecule has 5 aromatic carbocycles. The van der Waals surface area contributed by atoms with Crippen molar-refractivity contribution in [1.82, 2.24) is 10.6 Å². The van der Waals surface area contributed by atoms with E-state index < -0.39 is 5.97 Å². The van der Waals surface area contributed by atoms with Gasteiger partial charge in [-0.1, -0.05) is 24.3 Å². The van der Waals surface area contributed by atoms with Crippen LogP contribution < -0.4 is 43.8 Å². The molecule has 0 saturated carbocycles. The number of carbonyl (C=O) groups is 3. The van der Waals surface area contributed by atoms with Crippen LogP contribution in [-0.2, 0) is 28.3 Å². The highest BCUT2D eigenvalue weighted by atomic mass is 35.5. The minimum atomic E-state index is -0.481. The number of rotatable bonds is 11. The third kappa shape index (κ3) is 9.32. The monoisotopic (exact) mass is 866 g/mol. The van der Waals surface area contributed by atoms with E-state index in [1.165, 1.54) is 13.8 Å². The number of amides is 2. The molecule has 0 bridgehead atoms. The zero-order valence-corrected chi connectivity index (χ0v) is 36.8. The molecule has 0 aliphatic heterocycles. The molecule has 2 aliphatic carbocycles. The number of phenols is 1. The summed E-state index contributed by atoms with van der Waals surface area (Å²) in [5, 5.41) is 16.0. The number of hydrogen-bond acceptors (Lipinski definition) is 11. The summed E-state index contributed by atoms with van der Waals surface area (Å²) in [4.78, 5) is 36.5. The predicted octanol–water partition coefficient (Wildman–Crippen LogP) is 8.67. The first-order chi connectivity index (χ1) is 29.9. The fraction of sp³-hybridized carbons (Fsp3) is 0.312. The maximum Gasteiger partial charge on any atom is 0.343 e. The van der Waals surface area contributed by atoms with Gasteiger partial charge in [0, 0.05) is 30.9 Å². The summed E-state index contributed by atoms with van der Waals surface area (Å²) in [6, 6.07) is 20.9. The van der Waals surface area contributed by atoms with Crippen LogP contribution >= 0.6 is 11.6 Å². The maximum absolute atomic E-state index is 12.8. The summed E-state index contributed by atoms with van der Waals surface area (Å²) in [7, 11) is 9.48. The second-order valence-corrected chi connectivity index (χ2v) is 15.0. The SMILES string of the molecule is COc1cc2c(c(OC)c1OC)-c1ccc(O)cc1[C@@H](NC(C)=O)CC2.COc1cc2c(c(OC)c1OC)-c1ccc(OC(=O)c3ccc(CCl)cc3)cc1[C@@H](NC(C)=O)CC2. The number of ether oxygens (including phenoxy) is 7. The highest BCUT2D eigenvalue weighted by Gasteiger charge is 2.31. The van der Waals surface area contributed by atoms with Crippen molar-refractivity contribution < 1.29 is 52.6 Å². The van der Waals surface area contributed by atoms with Gasteiger partial charge in [0.2, 0.25) is 23.3 Å². The number of nitrogens with one attached hydrogen (secondary N) is 2. The first kappa shape index (κ1) is 44.9. The Hall–Kier alpha value is -6.60. The summed E-state index contributed by atoms with van der Waals surface area (Å²) in [6.45, 7) is 2.98. The molecule has 326 valence electrons. The number of methoxy groups -OCH3 is 6. The molecule has 0 unspecified atom stereocenters. The highest BCUT2D eigenvalue weighted by molar-refractivity contribution is 6.17. The molecule has 0 heterocycles. The van der Waals surface area contributed by atoms with E-state index >= 15 is 0 Å². The predicted molar refractivity (Wildman–Crippen MR) is 235 cm³/mol. The molecule has 0 radical (unpaired) electrons. The number of alkyl halides is 1. The third-order valence-electron chi connectivity index (χ3n) is 10.9. The van der Waals surface area contributed by atoms with Crippen LogP contribution in [0.1, 0.15) is 76.9 Å². The van der Waals surface area contributed by atoms with E-state index in [9.17, 15) is 19.5 Å². The first-order valence-electron chi connectivity index (χ1n) is 19.9. The molecule has 5 aromatic rings. The minimum absolute atomic E-state index is 0.114. The molecular weight excluding hydrogens is 816 g/mol. The average Bonchev–Trinajstić information content (AvgIpc) is 3.51. The Balaban J connectivity index is 0.000000218. The lowest BCUT2D eigenvalue weighted by Crippen LogP contribution is -2.26. The van der Waals surface area contributed by atoms with Crippen molar-refractivity contribution in [3.05, 3.63) is 106 Å². The van der Waals surface area contributed by atoms with Crippen LogP contribution in [0.4, 0.5) is 0 Å². The van der Waals surface area contributed by atoms with Crippen LogP contribution in [0.15, 0.2) is 72.8 Å². The van der Waals surface area contributed by atoms with E-state index in [2.05, 4.69) is 10.6 Å². The van der Waals surface area contributed by atoms with Gasteiger partial charge in [-0.2, -0.15) is 0 Å². The summed E-state index contributed by atoms with van der Waals surface area (Å²) < 4.78 is 39.3. The lowest BCUT2D eigenvalue weighted by molar-refractivity contribution is -0.120. The van der Waals surface area contributed by atoms with E-state index in [1.807, 2.05) is 24.3 Å². The molecule has 0 fully saturated rings. The Morgan fingerprint density at radius 3 is 1.52 bits per heavy atom. The number of aryl methyl sites for hydroxylation is 2. The average molecular weight is 867 g/mol. The summed E-state index contributed by atoms with van der Waals surface area (Å²) in [5.41, 5.74) is 8.54. The van der Waals surface area contributed by atoms with E-state index in [0.29, 0.717) is 77.4 Å². The van der Waals surface area contributed by atoms with Crippen molar-refractivity contribution in [1.29, 1.82) is 0 Å². The van der Waals surface area contributed by atoms with Gasteiger partial charge in [-0.05, 0) is 113 Å². The van der Waals surface area contributed by atoms with Gasteiger partial charge in [0.25, 0.3) is 0 Å². The molecule has 13 nitrogen and oxygen atoms in total. The van der Waals surface area contributed by atoms with Gasteiger partial charge in [-0.15, -0.1) is 11.6 Å². The van der Waals surface area contributed by atoms with Crippen LogP contribution in [0.2, 0.25) is 0 Å². The molecular formula is C48H51ClN2O11. The van der Waals surface area contributed by atoms with Crippen LogP contribution in [0.3, 0.4) is 0 Å². The van der Waals surface area contributed by atoms with E-state index in [4.69, 9.17) is 44.8 Å². The molecule has 3 N–H and O–H groups in total. The number of fused-ring (bicyclic) bond motifs is 6. The third-order valence-corrected chi connectivity index (χ3v) is 11.2. The van der Waals surface area contributed by atoms with Crippen molar-refractivity contribution in [3.8, 4) is 68.2 Å².